The number of aliphatic hydroxyl groups excluding tert-OH is 1. The first kappa shape index (κ1) is 15.1. The van der Waals surface area contributed by atoms with E-state index in [0.717, 1.165) is 31.9 Å². The molecule has 0 aromatic carbocycles. The first-order chi connectivity index (χ1) is 10.3. The monoisotopic (exact) mass is 305 g/mol. The predicted octanol–water partition coefficient (Wildman–Crippen LogP) is 3.32. The summed E-state index contributed by atoms with van der Waals surface area (Å²) in [4.78, 5) is 26.2. The number of amides is 2. The number of allylic oxidation sites excluding steroid dienone is 1. The molecule has 2 fully saturated rings. The van der Waals surface area contributed by atoms with Crippen molar-refractivity contribution in [2.75, 3.05) is 0 Å². The van der Waals surface area contributed by atoms with Crippen LogP contribution in [-0.2, 0) is 9.53 Å². The van der Waals surface area contributed by atoms with E-state index in [1.54, 1.807) is 20.8 Å². The minimum Gasteiger partial charge on any atom is -0.515 e. The lowest BCUT2D eigenvalue weighted by Crippen LogP contribution is -2.43. The van der Waals surface area contributed by atoms with Gasteiger partial charge in [0.2, 0.25) is 0 Å². The first-order valence-corrected chi connectivity index (χ1v) is 7.94. The van der Waals surface area contributed by atoms with Gasteiger partial charge in [-0.15, -0.1) is 0 Å². The van der Waals surface area contributed by atoms with Crippen LogP contribution in [0.2, 0.25) is 0 Å². The third kappa shape index (κ3) is 2.32. The number of rotatable bonds is 0. The molecule has 0 aromatic heterocycles. The van der Waals surface area contributed by atoms with Gasteiger partial charge in [-0.2, -0.15) is 0 Å². The Morgan fingerprint density at radius 1 is 1.45 bits per heavy atom. The Balaban J connectivity index is 1.96. The molecule has 0 spiro atoms. The summed E-state index contributed by atoms with van der Waals surface area (Å²) in [5.41, 5.74) is 0.857. The van der Waals surface area contributed by atoms with Crippen molar-refractivity contribution in [3.63, 3.8) is 0 Å². The maximum absolute atomic E-state index is 12.5. The van der Waals surface area contributed by atoms with Gasteiger partial charge in [-0.1, -0.05) is 6.08 Å². The van der Waals surface area contributed by atoms with Gasteiger partial charge in [0.1, 0.15) is 5.60 Å². The van der Waals surface area contributed by atoms with Crippen LogP contribution in [-0.4, -0.2) is 33.6 Å². The molecule has 1 aliphatic heterocycles. The summed E-state index contributed by atoms with van der Waals surface area (Å²) >= 11 is 0. The number of carbonyl (C=O) groups excluding carboxylic acids is 2. The third-order valence-electron chi connectivity index (χ3n) is 4.74. The molecule has 1 saturated heterocycles. The molecule has 0 aromatic rings. The summed E-state index contributed by atoms with van der Waals surface area (Å²) in [5.74, 6) is -0.104. The van der Waals surface area contributed by atoms with Crippen molar-refractivity contribution >= 4 is 12.0 Å². The van der Waals surface area contributed by atoms with Crippen LogP contribution in [0.5, 0.6) is 0 Å². The lowest BCUT2D eigenvalue weighted by atomic mass is 9.89. The number of imide groups is 1. The Kier molecular flexibility index (Phi) is 3.54. The number of nitrogens with zero attached hydrogens (tertiary/aromatic N) is 1. The standard InChI is InChI=1S/C17H23NO4/c1-17(2,3)22-16(21)18-14-11-7-5-4-6-10(11)8-12(14)13(9-19)15(18)20/h7,9-10,12,14,19H,4-6,8H2,1-3H3/b13-9-/t10-,12+,14+/m0/s1. The van der Waals surface area contributed by atoms with Crippen molar-refractivity contribution < 1.29 is 19.4 Å². The number of likely N-dealkylation sites (tertiary alicyclic amines) is 1. The lowest BCUT2D eigenvalue weighted by molar-refractivity contribution is -0.125. The summed E-state index contributed by atoms with van der Waals surface area (Å²) in [7, 11) is 0. The van der Waals surface area contributed by atoms with Gasteiger partial charge < -0.3 is 9.84 Å². The minimum absolute atomic E-state index is 0.0978. The van der Waals surface area contributed by atoms with Crippen molar-refractivity contribution in [3.05, 3.63) is 23.5 Å². The summed E-state index contributed by atoms with van der Waals surface area (Å²) < 4.78 is 5.40. The number of ether oxygens (including phenoxy) is 1. The van der Waals surface area contributed by atoms with Gasteiger partial charge in [0, 0.05) is 5.92 Å². The topological polar surface area (TPSA) is 66.8 Å². The molecule has 2 aliphatic carbocycles. The summed E-state index contributed by atoms with van der Waals surface area (Å²) in [6.07, 6.45) is 6.49. The van der Waals surface area contributed by atoms with Crippen LogP contribution in [0, 0.1) is 11.8 Å². The van der Waals surface area contributed by atoms with Crippen molar-refractivity contribution in [2.24, 2.45) is 11.8 Å². The van der Waals surface area contributed by atoms with Crippen LogP contribution in [0.3, 0.4) is 0 Å². The Labute approximate surface area is 130 Å². The number of aliphatic hydroxyl groups is 1. The van der Waals surface area contributed by atoms with E-state index in [9.17, 15) is 14.7 Å². The van der Waals surface area contributed by atoms with E-state index in [1.165, 1.54) is 10.5 Å². The van der Waals surface area contributed by atoms with Crippen molar-refractivity contribution in [2.45, 2.75) is 58.1 Å². The molecular formula is C17H23NO4. The van der Waals surface area contributed by atoms with Crippen LogP contribution >= 0.6 is 0 Å². The number of fused-ring (bicyclic) bond motifs is 3. The molecule has 1 heterocycles. The second-order valence-corrected chi connectivity index (χ2v) is 7.36. The van der Waals surface area contributed by atoms with Gasteiger partial charge in [-0.05, 0) is 57.9 Å². The summed E-state index contributed by atoms with van der Waals surface area (Å²) in [6.45, 7) is 5.34. The van der Waals surface area contributed by atoms with Crippen molar-refractivity contribution in [1.29, 1.82) is 0 Å². The number of carbonyl (C=O) groups is 2. The predicted molar refractivity (Wildman–Crippen MR) is 81.1 cm³/mol. The van der Waals surface area contributed by atoms with Gasteiger partial charge in [0.05, 0.1) is 17.9 Å². The fourth-order valence-electron chi connectivity index (χ4n) is 3.96. The molecule has 3 aliphatic rings. The maximum Gasteiger partial charge on any atom is 0.417 e. The number of hydrogen-bond acceptors (Lipinski definition) is 4. The largest absolute Gasteiger partial charge is 0.515 e. The van der Waals surface area contributed by atoms with Gasteiger partial charge in [0.25, 0.3) is 5.91 Å². The quantitative estimate of drug-likeness (QED) is 0.423. The average molecular weight is 305 g/mol. The zero-order valence-electron chi connectivity index (χ0n) is 13.3. The van der Waals surface area contributed by atoms with Crippen molar-refractivity contribution in [1.82, 2.24) is 4.90 Å². The molecular weight excluding hydrogens is 282 g/mol. The molecule has 120 valence electrons. The molecule has 3 rings (SSSR count). The molecule has 2 amide bonds. The Morgan fingerprint density at radius 2 is 2.18 bits per heavy atom. The minimum atomic E-state index is -0.655. The normalized spacial score (nSPS) is 32.8. The van der Waals surface area contributed by atoms with Crippen molar-refractivity contribution in [3.8, 4) is 0 Å². The fraction of sp³-hybridized carbons (Fsp3) is 0.647. The first-order valence-electron chi connectivity index (χ1n) is 7.94. The lowest BCUT2D eigenvalue weighted by Gasteiger charge is -2.29. The summed E-state index contributed by atoms with van der Waals surface area (Å²) in [5, 5.41) is 9.47. The highest BCUT2D eigenvalue weighted by atomic mass is 16.6. The van der Waals surface area contributed by atoms with E-state index in [-0.39, 0.29) is 12.0 Å². The Hall–Kier alpha value is -1.78. The average Bonchev–Trinajstić information content (AvgIpc) is 2.89. The van der Waals surface area contributed by atoms with Gasteiger partial charge >= 0.3 is 6.09 Å². The molecule has 0 radical (unpaired) electrons. The third-order valence-corrected chi connectivity index (χ3v) is 4.74. The van der Waals surface area contributed by atoms with Gasteiger partial charge in [-0.25, -0.2) is 9.69 Å². The van der Waals surface area contributed by atoms with Crippen LogP contribution in [0.15, 0.2) is 23.5 Å². The van der Waals surface area contributed by atoms with E-state index in [0.29, 0.717) is 11.5 Å². The zero-order valence-corrected chi connectivity index (χ0v) is 13.3. The molecule has 1 N–H and O–H groups in total. The van der Waals surface area contributed by atoms with Gasteiger partial charge in [-0.3, -0.25) is 4.79 Å². The molecule has 5 heteroatoms. The second kappa shape index (κ2) is 5.14. The molecule has 1 saturated carbocycles. The molecule has 5 nitrogen and oxygen atoms in total. The number of hydrogen-bond donors (Lipinski definition) is 1. The highest BCUT2D eigenvalue weighted by Gasteiger charge is 2.55. The molecule has 0 unspecified atom stereocenters. The van der Waals surface area contributed by atoms with Crippen LogP contribution in [0.25, 0.3) is 0 Å². The maximum atomic E-state index is 12.5. The van der Waals surface area contributed by atoms with Crippen LogP contribution < -0.4 is 0 Å². The second-order valence-electron chi connectivity index (χ2n) is 7.36. The Bertz CT molecular complexity index is 570. The highest BCUT2D eigenvalue weighted by Crippen LogP contribution is 2.51. The molecule has 0 bridgehead atoms. The van der Waals surface area contributed by atoms with E-state index >= 15 is 0 Å². The van der Waals surface area contributed by atoms with Crippen LogP contribution in [0.4, 0.5) is 4.79 Å². The SMILES string of the molecule is CC(C)(C)OC(=O)N1C(=O)/C(=C\O)[C@H]2C[C@@H]3CCCC=C3[C@H]21. The smallest absolute Gasteiger partial charge is 0.417 e. The molecule has 3 atom stereocenters. The Morgan fingerprint density at radius 3 is 2.82 bits per heavy atom. The molecule has 22 heavy (non-hydrogen) atoms. The highest BCUT2D eigenvalue weighted by molar-refractivity contribution is 6.06. The van der Waals surface area contributed by atoms with E-state index in [1.807, 2.05) is 0 Å². The van der Waals surface area contributed by atoms with Crippen LogP contribution in [0.1, 0.15) is 46.5 Å². The summed E-state index contributed by atoms with van der Waals surface area (Å²) in [6, 6.07) is -0.272. The van der Waals surface area contributed by atoms with Gasteiger partial charge in [0.15, 0.2) is 0 Å². The zero-order chi connectivity index (χ0) is 16.1. The van der Waals surface area contributed by atoms with E-state index < -0.39 is 17.6 Å². The van der Waals surface area contributed by atoms with E-state index in [4.69, 9.17) is 4.74 Å². The van der Waals surface area contributed by atoms with E-state index in [2.05, 4.69) is 6.08 Å². The fourth-order valence-corrected chi connectivity index (χ4v) is 3.96.